The second-order valence-corrected chi connectivity index (χ2v) is 6.55. The number of amides is 1. The highest BCUT2D eigenvalue weighted by Gasteiger charge is 2.21. The molecule has 1 amide bonds. The molecule has 0 aromatic heterocycles. The van der Waals surface area contributed by atoms with Gasteiger partial charge in [-0.3, -0.25) is 9.69 Å². The Morgan fingerprint density at radius 2 is 2.00 bits per heavy atom. The molecule has 0 bridgehead atoms. The summed E-state index contributed by atoms with van der Waals surface area (Å²) in [4.78, 5) is 14.7. The molecule has 27 heavy (non-hydrogen) atoms. The molecule has 1 aliphatic heterocycles. The second-order valence-electron chi connectivity index (χ2n) is 6.55. The summed E-state index contributed by atoms with van der Waals surface area (Å²) in [6, 6.07) is 17.5. The molecular formula is C22H26N2O3. The van der Waals surface area contributed by atoms with Crippen LogP contribution in [0.3, 0.4) is 0 Å². The van der Waals surface area contributed by atoms with Crippen molar-refractivity contribution in [3.8, 4) is 5.75 Å². The van der Waals surface area contributed by atoms with Crippen molar-refractivity contribution in [1.29, 1.82) is 0 Å². The second kappa shape index (κ2) is 9.90. The van der Waals surface area contributed by atoms with E-state index in [1.165, 1.54) is 5.56 Å². The lowest BCUT2D eigenvalue weighted by Gasteiger charge is -2.33. The largest absolute Gasteiger partial charge is 0.490 e. The minimum atomic E-state index is -0.103. The predicted octanol–water partition coefficient (Wildman–Crippen LogP) is 2.88. The Balaban J connectivity index is 1.46. The lowest BCUT2D eigenvalue weighted by molar-refractivity contribution is -0.0292. The van der Waals surface area contributed by atoms with Gasteiger partial charge in [0.05, 0.1) is 12.7 Å². The van der Waals surface area contributed by atoms with Crippen molar-refractivity contribution in [2.24, 2.45) is 0 Å². The van der Waals surface area contributed by atoms with Gasteiger partial charge in [0.1, 0.15) is 12.4 Å². The number of benzene rings is 2. The zero-order valence-electron chi connectivity index (χ0n) is 15.5. The molecule has 0 radical (unpaired) electrons. The molecule has 2 aromatic carbocycles. The van der Waals surface area contributed by atoms with E-state index in [9.17, 15) is 4.79 Å². The number of rotatable bonds is 8. The summed E-state index contributed by atoms with van der Waals surface area (Å²) >= 11 is 0. The maximum absolute atomic E-state index is 12.3. The first-order chi connectivity index (χ1) is 13.2. The van der Waals surface area contributed by atoms with Crippen molar-refractivity contribution >= 4 is 5.91 Å². The molecule has 1 saturated heterocycles. The van der Waals surface area contributed by atoms with Crippen LogP contribution in [-0.2, 0) is 11.3 Å². The Kier molecular flexibility index (Phi) is 7.02. The van der Waals surface area contributed by atoms with Crippen LogP contribution in [0.25, 0.3) is 0 Å². The van der Waals surface area contributed by atoms with Crippen LogP contribution in [0.5, 0.6) is 5.75 Å². The number of carbonyl (C=O) groups excluding carboxylic acids is 1. The van der Waals surface area contributed by atoms with E-state index in [1.54, 1.807) is 30.3 Å². The molecule has 5 nitrogen and oxygen atoms in total. The van der Waals surface area contributed by atoms with Crippen LogP contribution in [0.4, 0.5) is 0 Å². The summed E-state index contributed by atoms with van der Waals surface area (Å²) in [5.74, 6) is 0.618. The number of carbonyl (C=O) groups is 1. The molecule has 1 N–H and O–H groups in total. The third-order valence-electron chi connectivity index (χ3n) is 4.45. The summed E-state index contributed by atoms with van der Waals surface area (Å²) in [7, 11) is 0. The highest BCUT2D eigenvalue weighted by molar-refractivity contribution is 5.94. The normalized spacial score (nSPS) is 17.3. The van der Waals surface area contributed by atoms with E-state index in [0.717, 1.165) is 25.4 Å². The minimum absolute atomic E-state index is 0.00149. The summed E-state index contributed by atoms with van der Waals surface area (Å²) in [5.41, 5.74) is 1.90. The van der Waals surface area contributed by atoms with Crippen molar-refractivity contribution in [2.45, 2.75) is 12.6 Å². The van der Waals surface area contributed by atoms with E-state index < -0.39 is 0 Å². The zero-order valence-corrected chi connectivity index (χ0v) is 15.5. The number of hydrogen-bond donors (Lipinski definition) is 1. The van der Waals surface area contributed by atoms with Gasteiger partial charge in [-0.05, 0) is 29.8 Å². The van der Waals surface area contributed by atoms with E-state index >= 15 is 0 Å². The topological polar surface area (TPSA) is 50.8 Å². The van der Waals surface area contributed by atoms with Gasteiger partial charge in [0.25, 0.3) is 5.91 Å². The van der Waals surface area contributed by atoms with E-state index in [0.29, 0.717) is 25.3 Å². The third-order valence-corrected chi connectivity index (χ3v) is 4.45. The molecule has 0 aliphatic carbocycles. The molecule has 1 atom stereocenters. The van der Waals surface area contributed by atoms with E-state index in [2.05, 4.69) is 41.1 Å². The fourth-order valence-corrected chi connectivity index (χ4v) is 3.06. The molecular weight excluding hydrogens is 340 g/mol. The van der Waals surface area contributed by atoms with Gasteiger partial charge in [-0.2, -0.15) is 0 Å². The molecule has 1 fully saturated rings. The Hall–Kier alpha value is -2.63. The van der Waals surface area contributed by atoms with E-state index in [4.69, 9.17) is 9.47 Å². The zero-order chi connectivity index (χ0) is 18.9. The Morgan fingerprint density at radius 3 is 2.74 bits per heavy atom. The summed E-state index contributed by atoms with van der Waals surface area (Å²) < 4.78 is 11.2. The average Bonchev–Trinajstić information content (AvgIpc) is 2.72. The van der Waals surface area contributed by atoms with E-state index in [-0.39, 0.29) is 12.0 Å². The highest BCUT2D eigenvalue weighted by atomic mass is 16.5. The molecule has 142 valence electrons. The monoisotopic (exact) mass is 366 g/mol. The van der Waals surface area contributed by atoms with Crippen LogP contribution < -0.4 is 10.1 Å². The Labute approximate surface area is 160 Å². The van der Waals surface area contributed by atoms with E-state index in [1.807, 2.05) is 6.07 Å². The van der Waals surface area contributed by atoms with Gasteiger partial charge in [-0.15, -0.1) is 0 Å². The average molecular weight is 366 g/mol. The van der Waals surface area contributed by atoms with Crippen molar-refractivity contribution in [3.63, 3.8) is 0 Å². The van der Waals surface area contributed by atoms with Gasteiger partial charge in [0, 0.05) is 31.7 Å². The van der Waals surface area contributed by atoms with Crippen molar-refractivity contribution < 1.29 is 14.3 Å². The van der Waals surface area contributed by atoms with Gasteiger partial charge in [-0.25, -0.2) is 0 Å². The molecule has 1 aliphatic rings. The van der Waals surface area contributed by atoms with Crippen molar-refractivity contribution in [2.75, 3.05) is 32.8 Å². The predicted molar refractivity (Wildman–Crippen MR) is 106 cm³/mol. The standard InChI is InChI=1S/C22H26N2O3/c1-2-13-26-20-10-8-19(9-11-20)22(25)23-15-21-17-24(12-14-27-21)16-18-6-4-3-5-7-18/h2-11,21H,1,12-17H2,(H,23,25). The first-order valence-corrected chi connectivity index (χ1v) is 9.24. The van der Waals surface area contributed by atoms with Crippen LogP contribution in [0.15, 0.2) is 67.3 Å². The number of morpholine rings is 1. The number of nitrogens with one attached hydrogen (secondary N) is 1. The maximum Gasteiger partial charge on any atom is 0.251 e. The molecule has 1 unspecified atom stereocenters. The van der Waals surface area contributed by atoms with Crippen molar-refractivity contribution in [1.82, 2.24) is 10.2 Å². The summed E-state index contributed by atoms with van der Waals surface area (Å²) in [5, 5.41) is 2.97. The molecule has 3 rings (SSSR count). The minimum Gasteiger partial charge on any atom is -0.490 e. The SMILES string of the molecule is C=CCOc1ccc(C(=O)NCC2CN(Cc3ccccc3)CCO2)cc1. The van der Waals surface area contributed by atoms with Gasteiger partial charge >= 0.3 is 0 Å². The molecule has 1 heterocycles. The lowest BCUT2D eigenvalue weighted by atomic mass is 10.1. The third kappa shape index (κ3) is 5.94. The highest BCUT2D eigenvalue weighted by Crippen LogP contribution is 2.13. The summed E-state index contributed by atoms with van der Waals surface area (Å²) in [6.07, 6.45) is 1.69. The molecule has 0 spiro atoms. The maximum atomic E-state index is 12.3. The van der Waals surface area contributed by atoms with Crippen LogP contribution in [0, 0.1) is 0 Å². The fourth-order valence-electron chi connectivity index (χ4n) is 3.06. The number of nitrogens with zero attached hydrogens (tertiary/aromatic N) is 1. The quantitative estimate of drug-likeness (QED) is 0.730. The first-order valence-electron chi connectivity index (χ1n) is 9.24. The number of hydrogen-bond acceptors (Lipinski definition) is 4. The van der Waals surface area contributed by atoms with Gasteiger partial charge < -0.3 is 14.8 Å². The van der Waals surface area contributed by atoms with Crippen molar-refractivity contribution in [3.05, 3.63) is 78.4 Å². The van der Waals surface area contributed by atoms with Gasteiger partial charge in [0.15, 0.2) is 0 Å². The fraction of sp³-hybridized carbons (Fsp3) is 0.318. The number of ether oxygens (including phenoxy) is 2. The summed E-state index contributed by atoms with van der Waals surface area (Å²) in [6.45, 7) is 7.87. The van der Waals surface area contributed by atoms with Crippen LogP contribution >= 0.6 is 0 Å². The van der Waals surface area contributed by atoms with Crippen LogP contribution in [0.1, 0.15) is 15.9 Å². The smallest absolute Gasteiger partial charge is 0.251 e. The Bertz CT molecular complexity index is 731. The molecule has 5 heteroatoms. The van der Waals surface area contributed by atoms with Gasteiger partial charge in [-0.1, -0.05) is 43.0 Å². The molecule has 0 saturated carbocycles. The van der Waals surface area contributed by atoms with Gasteiger partial charge in [0.2, 0.25) is 0 Å². The van der Waals surface area contributed by atoms with Crippen LogP contribution in [-0.4, -0.2) is 49.8 Å². The van der Waals surface area contributed by atoms with Crippen LogP contribution in [0.2, 0.25) is 0 Å². The lowest BCUT2D eigenvalue weighted by Crippen LogP contribution is -2.47. The first kappa shape index (κ1) is 19.1. The molecule has 2 aromatic rings. The Morgan fingerprint density at radius 1 is 1.22 bits per heavy atom.